The second-order valence-corrected chi connectivity index (χ2v) is 9.98. The molecule has 40 heavy (non-hydrogen) atoms. The van der Waals surface area contributed by atoms with Crippen LogP contribution in [0.4, 0.5) is 17.5 Å². The minimum atomic E-state index is 0.478. The summed E-state index contributed by atoms with van der Waals surface area (Å²) in [7, 11) is 1.79. The lowest BCUT2D eigenvalue weighted by Crippen LogP contribution is -2.12. The van der Waals surface area contributed by atoms with E-state index >= 15 is 0 Å². The predicted octanol–water partition coefficient (Wildman–Crippen LogP) is 7.07. The van der Waals surface area contributed by atoms with Crippen molar-refractivity contribution in [1.82, 2.24) is 25.1 Å². The molecule has 5 aromatic rings. The summed E-state index contributed by atoms with van der Waals surface area (Å²) >= 11 is 0. The molecule has 8 nitrogen and oxygen atoms in total. The van der Waals surface area contributed by atoms with Crippen LogP contribution in [0.3, 0.4) is 0 Å². The summed E-state index contributed by atoms with van der Waals surface area (Å²) in [5.74, 6) is 2.51. The third-order valence-electron chi connectivity index (χ3n) is 7.33. The Morgan fingerprint density at radius 3 is 2.42 bits per heavy atom. The highest BCUT2D eigenvalue weighted by Crippen LogP contribution is 2.35. The Morgan fingerprint density at radius 1 is 0.800 bits per heavy atom. The van der Waals surface area contributed by atoms with Crippen LogP contribution < -0.4 is 15.4 Å². The smallest absolute Gasteiger partial charge is 0.228 e. The van der Waals surface area contributed by atoms with Gasteiger partial charge >= 0.3 is 0 Å². The van der Waals surface area contributed by atoms with Crippen LogP contribution in [0.15, 0.2) is 73.1 Å². The molecule has 0 bridgehead atoms. The van der Waals surface area contributed by atoms with Gasteiger partial charge in [-0.1, -0.05) is 12.1 Å². The number of aryl methyl sites for hydroxylation is 2. The van der Waals surface area contributed by atoms with Gasteiger partial charge in [0.25, 0.3) is 0 Å². The molecule has 3 heterocycles. The molecular formula is C32H31N7O. The Balaban J connectivity index is 1.23. The SMILES string of the molecule is CNc1nccc(-c2cccnc2Oc2ccc(Nc3nnc(-c4ccc(C)c(C)c4)c4c3CCCC4)cc2)n1. The van der Waals surface area contributed by atoms with Crippen LogP contribution in [0.2, 0.25) is 0 Å². The van der Waals surface area contributed by atoms with Gasteiger partial charge in [-0.05, 0) is 105 Å². The van der Waals surface area contributed by atoms with Crippen LogP contribution in [-0.2, 0) is 12.8 Å². The maximum Gasteiger partial charge on any atom is 0.228 e. The van der Waals surface area contributed by atoms with E-state index in [1.54, 1.807) is 19.4 Å². The molecule has 0 atom stereocenters. The summed E-state index contributed by atoms with van der Waals surface area (Å²) < 4.78 is 6.17. The molecule has 0 radical (unpaired) electrons. The number of nitrogens with one attached hydrogen (secondary N) is 2. The van der Waals surface area contributed by atoms with Crippen molar-refractivity contribution < 1.29 is 4.74 Å². The van der Waals surface area contributed by atoms with Gasteiger partial charge in [0.05, 0.1) is 17.0 Å². The van der Waals surface area contributed by atoms with Gasteiger partial charge < -0.3 is 15.4 Å². The largest absolute Gasteiger partial charge is 0.438 e. The third kappa shape index (κ3) is 5.20. The van der Waals surface area contributed by atoms with E-state index in [0.29, 0.717) is 17.6 Å². The molecule has 2 aromatic carbocycles. The summed E-state index contributed by atoms with van der Waals surface area (Å²) in [6, 6.07) is 20.0. The topological polar surface area (TPSA) is 97.7 Å². The molecule has 0 aliphatic heterocycles. The van der Waals surface area contributed by atoms with Gasteiger partial charge in [-0.2, -0.15) is 0 Å². The van der Waals surface area contributed by atoms with E-state index < -0.39 is 0 Å². The average Bonchev–Trinajstić information content (AvgIpc) is 3.00. The number of benzene rings is 2. The lowest BCUT2D eigenvalue weighted by molar-refractivity contribution is 0.465. The molecule has 0 amide bonds. The molecule has 0 saturated carbocycles. The van der Waals surface area contributed by atoms with E-state index in [2.05, 4.69) is 62.7 Å². The first kappa shape index (κ1) is 25.4. The van der Waals surface area contributed by atoms with Crippen LogP contribution in [0.1, 0.15) is 35.1 Å². The zero-order valence-electron chi connectivity index (χ0n) is 22.9. The van der Waals surface area contributed by atoms with Crippen molar-refractivity contribution in [3.63, 3.8) is 0 Å². The molecule has 2 N–H and O–H groups in total. The van der Waals surface area contributed by atoms with Crippen molar-refractivity contribution in [2.24, 2.45) is 0 Å². The fourth-order valence-electron chi connectivity index (χ4n) is 5.02. The summed E-state index contributed by atoms with van der Waals surface area (Å²) in [4.78, 5) is 13.2. The number of fused-ring (bicyclic) bond motifs is 1. The zero-order valence-corrected chi connectivity index (χ0v) is 22.9. The summed E-state index contributed by atoms with van der Waals surface area (Å²) in [6.07, 6.45) is 7.75. The number of nitrogens with zero attached hydrogens (tertiary/aromatic N) is 5. The first-order valence-electron chi connectivity index (χ1n) is 13.6. The number of ether oxygens (including phenoxy) is 1. The maximum atomic E-state index is 6.17. The van der Waals surface area contributed by atoms with E-state index in [9.17, 15) is 0 Å². The highest BCUT2D eigenvalue weighted by molar-refractivity contribution is 5.71. The molecule has 6 rings (SSSR count). The Labute approximate surface area is 233 Å². The van der Waals surface area contributed by atoms with Gasteiger partial charge in [-0.25, -0.2) is 15.0 Å². The van der Waals surface area contributed by atoms with Crippen LogP contribution >= 0.6 is 0 Å². The van der Waals surface area contributed by atoms with Gasteiger partial charge in [0.1, 0.15) is 5.75 Å². The zero-order chi connectivity index (χ0) is 27.5. The molecule has 200 valence electrons. The second-order valence-electron chi connectivity index (χ2n) is 9.98. The fraction of sp³-hybridized carbons (Fsp3) is 0.219. The van der Waals surface area contributed by atoms with Crippen molar-refractivity contribution in [3.8, 4) is 34.1 Å². The Kier molecular flexibility index (Phi) is 7.06. The first-order chi connectivity index (χ1) is 19.6. The normalized spacial score (nSPS) is 12.5. The van der Waals surface area contributed by atoms with Crippen molar-refractivity contribution in [1.29, 1.82) is 0 Å². The molecule has 0 spiro atoms. The van der Waals surface area contributed by atoms with Crippen LogP contribution in [-0.4, -0.2) is 32.2 Å². The molecule has 3 aromatic heterocycles. The molecule has 8 heteroatoms. The average molecular weight is 530 g/mol. The van der Waals surface area contributed by atoms with Gasteiger partial charge in [0, 0.05) is 36.3 Å². The van der Waals surface area contributed by atoms with Crippen LogP contribution in [0.5, 0.6) is 11.6 Å². The van der Waals surface area contributed by atoms with E-state index in [1.807, 2.05) is 42.5 Å². The highest BCUT2D eigenvalue weighted by atomic mass is 16.5. The number of aromatic nitrogens is 5. The molecule has 0 saturated heterocycles. The lowest BCUT2D eigenvalue weighted by Gasteiger charge is -2.22. The quantitative estimate of drug-likeness (QED) is 0.231. The lowest BCUT2D eigenvalue weighted by atomic mass is 9.88. The van der Waals surface area contributed by atoms with Crippen molar-refractivity contribution >= 4 is 17.5 Å². The highest BCUT2D eigenvalue weighted by Gasteiger charge is 2.21. The van der Waals surface area contributed by atoms with Gasteiger partial charge in [-0.15, -0.1) is 10.2 Å². The van der Waals surface area contributed by atoms with Gasteiger partial charge in [-0.3, -0.25) is 0 Å². The first-order valence-corrected chi connectivity index (χ1v) is 13.6. The molecule has 1 aliphatic rings. The van der Waals surface area contributed by atoms with Crippen molar-refractivity contribution in [3.05, 3.63) is 95.3 Å². The van der Waals surface area contributed by atoms with Gasteiger partial charge in [0.2, 0.25) is 11.8 Å². The van der Waals surface area contributed by atoms with Crippen molar-refractivity contribution in [2.75, 3.05) is 17.7 Å². The minimum absolute atomic E-state index is 0.478. The molecule has 0 unspecified atom stereocenters. The maximum absolute atomic E-state index is 6.17. The van der Waals surface area contributed by atoms with E-state index in [1.165, 1.54) is 28.7 Å². The minimum Gasteiger partial charge on any atom is -0.438 e. The number of anilines is 3. The van der Waals surface area contributed by atoms with Crippen LogP contribution in [0.25, 0.3) is 22.5 Å². The monoisotopic (exact) mass is 529 g/mol. The van der Waals surface area contributed by atoms with Gasteiger partial charge in [0.15, 0.2) is 5.82 Å². The fourth-order valence-corrected chi connectivity index (χ4v) is 5.02. The number of hydrogen-bond acceptors (Lipinski definition) is 8. The molecule has 1 aliphatic carbocycles. The third-order valence-corrected chi connectivity index (χ3v) is 7.33. The number of pyridine rings is 1. The summed E-state index contributed by atoms with van der Waals surface area (Å²) in [6.45, 7) is 4.28. The van der Waals surface area contributed by atoms with E-state index in [0.717, 1.165) is 53.3 Å². The molecular weight excluding hydrogens is 498 g/mol. The Morgan fingerprint density at radius 2 is 1.62 bits per heavy atom. The predicted molar refractivity (Wildman–Crippen MR) is 158 cm³/mol. The van der Waals surface area contributed by atoms with E-state index in [4.69, 9.17) is 9.84 Å². The Hall–Kier alpha value is -4.85. The summed E-state index contributed by atoms with van der Waals surface area (Å²) in [5, 5.41) is 15.8. The number of hydrogen-bond donors (Lipinski definition) is 2. The second kappa shape index (κ2) is 11.1. The van der Waals surface area contributed by atoms with Crippen LogP contribution in [0, 0.1) is 13.8 Å². The molecule has 0 fully saturated rings. The van der Waals surface area contributed by atoms with E-state index in [-0.39, 0.29) is 0 Å². The van der Waals surface area contributed by atoms with Crippen molar-refractivity contribution in [2.45, 2.75) is 39.5 Å². The Bertz CT molecular complexity index is 1670. The summed E-state index contributed by atoms with van der Waals surface area (Å²) in [5.41, 5.74) is 9.70. The standard InChI is InChI=1S/C32H31N7O/c1-20-10-11-22(19-21(20)2)29-25-7-4-5-8-26(25)30(39-38-29)36-23-12-14-24(15-13-23)40-31-27(9-6-17-34-31)28-16-18-35-32(33-3)37-28/h6,9-19H,4-5,7-8H2,1-3H3,(H,36,39)(H,33,35,37). The number of rotatable bonds is 7.